The Morgan fingerprint density at radius 2 is 1.91 bits per heavy atom. The van der Waals surface area contributed by atoms with E-state index in [-0.39, 0.29) is 34.6 Å². The summed E-state index contributed by atoms with van der Waals surface area (Å²) in [7, 11) is -2.94. The Morgan fingerprint density at radius 3 is 2.57 bits per heavy atom. The highest BCUT2D eigenvalue weighted by molar-refractivity contribution is 8.15. The fourth-order valence-corrected chi connectivity index (χ4v) is 9.02. The van der Waals surface area contributed by atoms with Crippen molar-refractivity contribution >= 4 is 32.7 Å². The van der Waals surface area contributed by atoms with Crippen molar-refractivity contribution in [2.75, 3.05) is 11.5 Å². The van der Waals surface area contributed by atoms with E-state index in [1.54, 1.807) is 11.8 Å². The van der Waals surface area contributed by atoms with Gasteiger partial charge in [0.1, 0.15) is 0 Å². The molecule has 0 aromatic rings. The number of fused-ring (bicyclic) bond motifs is 3. The monoisotopic (exact) mass is 354 g/mol. The number of thioether (sulfide) groups is 1. The standard InChI is InChI=1S/C16H22N2O3S2/c19-15(10-3-4-10)17-16-18(12-6-9-1-2-11(12)5-9)13-7-23(20,21)8-14(13)22-16/h9-14H,1-8H2/t9-,11-,12+,13+,14+/m0/s1. The average Bonchev–Trinajstić information content (AvgIpc) is 2.86. The van der Waals surface area contributed by atoms with Gasteiger partial charge in [0.05, 0.1) is 17.5 Å². The molecule has 2 bridgehead atoms. The smallest absolute Gasteiger partial charge is 0.251 e. The molecule has 0 aromatic heterocycles. The molecule has 0 spiro atoms. The number of carbonyl (C=O) groups excluding carboxylic acids is 1. The van der Waals surface area contributed by atoms with Crippen molar-refractivity contribution in [2.45, 2.75) is 55.9 Å². The summed E-state index contributed by atoms with van der Waals surface area (Å²) in [6, 6.07) is 0.454. The highest BCUT2D eigenvalue weighted by atomic mass is 32.2. The molecule has 7 heteroatoms. The third-order valence-electron chi connectivity index (χ3n) is 6.30. The van der Waals surface area contributed by atoms with E-state index in [1.807, 2.05) is 0 Å². The molecule has 1 amide bonds. The van der Waals surface area contributed by atoms with Gasteiger partial charge in [0, 0.05) is 17.2 Å². The highest BCUT2D eigenvalue weighted by Gasteiger charge is 2.54. The first kappa shape index (κ1) is 14.8. The second kappa shape index (κ2) is 4.97. The van der Waals surface area contributed by atoms with E-state index in [2.05, 4.69) is 9.89 Å². The maximum Gasteiger partial charge on any atom is 0.251 e. The van der Waals surface area contributed by atoms with Gasteiger partial charge in [-0.15, -0.1) is 0 Å². The van der Waals surface area contributed by atoms with Gasteiger partial charge in [-0.2, -0.15) is 4.99 Å². The van der Waals surface area contributed by atoms with Crippen LogP contribution in [0, 0.1) is 17.8 Å². The van der Waals surface area contributed by atoms with E-state index >= 15 is 0 Å². The van der Waals surface area contributed by atoms with Gasteiger partial charge in [-0.05, 0) is 43.9 Å². The molecule has 0 unspecified atom stereocenters. The van der Waals surface area contributed by atoms with Crippen molar-refractivity contribution in [2.24, 2.45) is 22.7 Å². The zero-order valence-corrected chi connectivity index (χ0v) is 14.7. The van der Waals surface area contributed by atoms with Crippen LogP contribution in [0.4, 0.5) is 0 Å². The quantitative estimate of drug-likeness (QED) is 0.755. The molecule has 23 heavy (non-hydrogen) atoms. The molecule has 126 valence electrons. The molecule has 5 fully saturated rings. The van der Waals surface area contributed by atoms with Crippen LogP contribution in [-0.2, 0) is 14.6 Å². The number of amidine groups is 1. The van der Waals surface area contributed by atoms with Crippen molar-refractivity contribution in [1.82, 2.24) is 4.90 Å². The highest BCUT2D eigenvalue weighted by Crippen LogP contribution is 2.51. The molecular formula is C16H22N2O3S2. The van der Waals surface area contributed by atoms with Gasteiger partial charge in [-0.25, -0.2) is 8.42 Å². The topological polar surface area (TPSA) is 66.8 Å². The van der Waals surface area contributed by atoms with E-state index in [0.29, 0.717) is 12.0 Å². The molecule has 0 aromatic carbocycles. The van der Waals surface area contributed by atoms with E-state index in [0.717, 1.165) is 30.3 Å². The molecule has 5 nitrogen and oxygen atoms in total. The van der Waals surface area contributed by atoms with Gasteiger partial charge in [0.25, 0.3) is 5.91 Å². The zero-order chi connectivity index (χ0) is 15.8. The SMILES string of the molecule is O=C(N=C1S[C@@H]2CS(=O)(=O)C[C@H]2N1[C@@H]1C[C@H]2CC[C@H]1C2)C1CC1. The Morgan fingerprint density at radius 1 is 1.09 bits per heavy atom. The number of sulfone groups is 1. The first-order valence-electron chi connectivity index (χ1n) is 8.78. The molecule has 3 saturated carbocycles. The molecule has 2 heterocycles. The molecule has 5 aliphatic rings. The fourth-order valence-electron chi connectivity index (χ4n) is 5.05. The van der Waals surface area contributed by atoms with Gasteiger partial charge in [0.15, 0.2) is 15.0 Å². The van der Waals surface area contributed by atoms with Crippen LogP contribution in [-0.4, -0.2) is 53.2 Å². The van der Waals surface area contributed by atoms with Crippen molar-refractivity contribution in [3.05, 3.63) is 0 Å². The summed E-state index contributed by atoms with van der Waals surface area (Å²) in [5.41, 5.74) is 0. The summed E-state index contributed by atoms with van der Waals surface area (Å²) in [6.45, 7) is 0. The predicted octanol–water partition coefficient (Wildman–Crippen LogP) is 1.68. The number of hydrogen-bond donors (Lipinski definition) is 0. The Labute approximate surface area is 141 Å². The minimum absolute atomic E-state index is 0.0171. The van der Waals surface area contributed by atoms with Crippen molar-refractivity contribution in [3.8, 4) is 0 Å². The van der Waals surface area contributed by atoms with Crippen LogP contribution < -0.4 is 0 Å². The molecule has 0 N–H and O–H groups in total. The first-order chi connectivity index (χ1) is 11.0. The number of hydrogen-bond acceptors (Lipinski definition) is 4. The summed E-state index contributed by atoms with van der Waals surface area (Å²) in [5, 5.41) is 0.911. The van der Waals surface area contributed by atoms with Crippen LogP contribution in [0.2, 0.25) is 0 Å². The third-order valence-corrected chi connectivity index (χ3v) is 9.52. The molecule has 3 aliphatic carbocycles. The number of aliphatic imine (C=N–C) groups is 1. The fraction of sp³-hybridized carbons (Fsp3) is 0.875. The molecular weight excluding hydrogens is 332 g/mol. The van der Waals surface area contributed by atoms with E-state index in [9.17, 15) is 13.2 Å². The molecule has 0 radical (unpaired) electrons. The number of nitrogens with zero attached hydrogens (tertiary/aromatic N) is 2. The Kier molecular flexibility index (Phi) is 3.19. The van der Waals surface area contributed by atoms with E-state index in [4.69, 9.17) is 0 Å². The van der Waals surface area contributed by atoms with Gasteiger partial charge in [-0.3, -0.25) is 4.79 Å². The lowest BCUT2D eigenvalue weighted by molar-refractivity contribution is -0.118. The van der Waals surface area contributed by atoms with Crippen LogP contribution in [0.3, 0.4) is 0 Å². The summed E-state index contributed by atoms with van der Waals surface area (Å²) in [4.78, 5) is 18.9. The lowest BCUT2D eigenvalue weighted by Gasteiger charge is -2.36. The maximum absolute atomic E-state index is 12.2. The lowest BCUT2D eigenvalue weighted by Crippen LogP contribution is -2.47. The average molecular weight is 354 g/mol. The summed E-state index contributed by atoms with van der Waals surface area (Å²) in [6.07, 6.45) is 6.95. The third kappa shape index (κ3) is 2.46. The minimum Gasteiger partial charge on any atom is -0.343 e. The van der Waals surface area contributed by atoms with Crippen molar-refractivity contribution in [3.63, 3.8) is 0 Å². The normalized spacial score (nSPS) is 45.8. The minimum atomic E-state index is -2.94. The Bertz CT molecular complexity index is 685. The van der Waals surface area contributed by atoms with Gasteiger partial charge >= 0.3 is 0 Å². The van der Waals surface area contributed by atoms with Gasteiger partial charge in [-0.1, -0.05) is 18.2 Å². The van der Waals surface area contributed by atoms with Gasteiger partial charge < -0.3 is 4.90 Å². The van der Waals surface area contributed by atoms with E-state index < -0.39 is 9.84 Å². The molecule has 5 rings (SSSR count). The van der Waals surface area contributed by atoms with Gasteiger partial charge in [0.2, 0.25) is 0 Å². The largest absolute Gasteiger partial charge is 0.343 e. The predicted molar refractivity (Wildman–Crippen MR) is 90.1 cm³/mol. The van der Waals surface area contributed by atoms with Crippen LogP contribution >= 0.6 is 11.8 Å². The van der Waals surface area contributed by atoms with Crippen LogP contribution in [0.25, 0.3) is 0 Å². The van der Waals surface area contributed by atoms with Crippen LogP contribution in [0.5, 0.6) is 0 Å². The van der Waals surface area contributed by atoms with Crippen LogP contribution in [0.1, 0.15) is 38.5 Å². The molecule has 5 atom stereocenters. The van der Waals surface area contributed by atoms with E-state index in [1.165, 1.54) is 19.3 Å². The molecule has 2 aliphatic heterocycles. The summed E-state index contributed by atoms with van der Waals surface area (Å²) >= 11 is 1.56. The van der Waals surface area contributed by atoms with Crippen molar-refractivity contribution < 1.29 is 13.2 Å². The Hall–Kier alpha value is -0.560. The summed E-state index contributed by atoms with van der Waals surface area (Å²) < 4.78 is 24.1. The zero-order valence-electron chi connectivity index (χ0n) is 13.1. The number of carbonyl (C=O) groups is 1. The first-order valence-corrected chi connectivity index (χ1v) is 11.5. The lowest BCUT2D eigenvalue weighted by atomic mass is 9.93. The van der Waals surface area contributed by atoms with Crippen LogP contribution in [0.15, 0.2) is 4.99 Å². The number of rotatable bonds is 2. The second-order valence-corrected chi connectivity index (χ2v) is 11.3. The molecule has 2 saturated heterocycles. The Balaban J connectivity index is 1.47. The number of amides is 1. The second-order valence-electron chi connectivity index (χ2n) is 7.96. The maximum atomic E-state index is 12.2. The summed E-state index contributed by atoms with van der Waals surface area (Å²) in [5.74, 6) is 2.11. The van der Waals surface area contributed by atoms with Crippen molar-refractivity contribution in [1.29, 1.82) is 0 Å².